The Morgan fingerprint density at radius 1 is 1.24 bits per heavy atom. The lowest BCUT2D eigenvalue weighted by Crippen LogP contribution is -2.43. The zero-order valence-corrected chi connectivity index (χ0v) is 18.5. The number of aromatic nitrogens is 3. The molecule has 0 aliphatic heterocycles. The van der Waals surface area contributed by atoms with E-state index in [1.54, 1.807) is 12.1 Å². The Balaban J connectivity index is 2.20. The van der Waals surface area contributed by atoms with Gasteiger partial charge in [0.1, 0.15) is 11.2 Å². The van der Waals surface area contributed by atoms with Crippen LogP contribution in [0.1, 0.15) is 32.8 Å². The van der Waals surface area contributed by atoms with E-state index in [4.69, 9.17) is 0 Å². The average molecular weight is 433 g/mol. The summed E-state index contributed by atoms with van der Waals surface area (Å²) < 4.78 is 3.45. The number of carbonyl (C=O) groups excluding carboxylic acids is 1. The van der Waals surface area contributed by atoms with Crippen LogP contribution in [0.25, 0.3) is 16.0 Å². The lowest BCUT2D eigenvalue weighted by Gasteiger charge is -2.14. The molecule has 1 aromatic carbocycles. The number of hydrogen-bond donors (Lipinski definition) is 1. The molecule has 1 unspecified atom stereocenters. The summed E-state index contributed by atoms with van der Waals surface area (Å²) in [6, 6.07) is 7.30. The number of aryl methyl sites for hydroxylation is 1. The van der Waals surface area contributed by atoms with Crippen molar-refractivity contribution in [2.75, 3.05) is 6.26 Å². The van der Waals surface area contributed by atoms with E-state index in [2.05, 4.69) is 10.3 Å². The first kappa shape index (κ1) is 21.3. The summed E-state index contributed by atoms with van der Waals surface area (Å²) in [5.41, 5.74) is 0.873. The van der Waals surface area contributed by atoms with E-state index in [1.807, 2.05) is 39.2 Å². The SMILES string of the molecule is CCc1ccc(-n2c(=O)c3sc(SC)nc3n(CC(=O)NC(C)CC)c2=O)cc1. The third kappa shape index (κ3) is 4.30. The first-order valence-corrected chi connectivity index (χ1v) is 11.5. The molecule has 7 nitrogen and oxygen atoms in total. The minimum atomic E-state index is -0.566. The van der Waals surface area contributed by atoms with E-state index in [-0.39, 0.29) is 24.1 Å². The van der Waals surface area contributed by atoms with Gasteiger partial charge in [-0.1, -0.05) is 37.7 Å². The van der Waals surface area contributed by atoms with Crippen molar-refractivity contribution in [1.82, 2.24) is 19.4 Å². The third-order valence-corrected chi connectivity index (χ3v) is 6.78. The van der Waals surface area contributed by atoms with Gasteiger partial charge in [-0.05, 0) is 43.7 Å². The fraction of sp³-hybridized carbons (Fsp3) is 0.400. The van der Waals surface area contributed by atoms with Crippen LogP contribution >= 0.6 is 23.1 Å². The van der Waals surface area contributed by atoms with Crippen molar-refractivity contribution >= 4 is 39.4 Å². The number of nitrogens with zero attached hydrogens (tertiary/aromatic N) is 3. The van der Waals surface area contributed by atoms with Crippen LogP contribution in [0.15, 0.2) is 38.2 Å². The van der Waals surface area contributed by atoms with Gasteiger partial charge in [0.05, 0.1) is 5.69 Å². The molecule has 0 aliphatic carbocycles. The van der Waals surface area contributed by atoms with Crippen molar-refractivity contribution < 1.29 is 4.79 Å². The quantitative estimate of drug-likeness (QED) is 0.580. The average Bonchev–Trinajstić information content (AvgIpc) is 3.16. The van der Waals surface area contributed by atoms with Crippen LogP contribution < -0.4 is 16.6 Å². The Morgan fingerprint density at radius 2 is 1.93 bits per heavy atom. The first-order valence-electron chi connectivity index (χ1n) is 9.48. The molecule has 2 aromatic heterocycles. The Bertz CT molecular complexity index is 1150. The van der Waals surface area contributed by atoms with Gasteiger partial charge < -0.3 is 5.32 Å². The van der Waals surface area contributed by atoms with Gasteiger partial charge in [0, 0.05) is 6.04 Å². The number of fused-ring (bicyclic) bond motifs is 1. The molecule has 1 N–H and O–H groups in total. The predicted octanol–water partition coefficient (Wildman–Crippen LogP) is 2.81. The van der Waals surface area contributed by atoms with Crippen molar-refractivity contribution in [3.05, 3.63) is 50.7 Å². The van der Waals surface area contributed by atoms with E-state index in [0.717, 1.165) is 23.0 Å². The second-order valence-electron chi connectivity index (χ2n) is 6.74. The number of thioether (sulfide) groups is 1. The summed E-state index contributed by atoms with van der Waals surface area (Å²) >= 11 is 2.64. The molecule has 0 saturated carbocycles. The number of amides is 1. The highest BCUT2D eigenvalue weighted by Gasteiger charge is 2.20. The first-order chi connectivity index (χ1) is 13.9. The highest BCUT2D eigenvalue weighted by Crippen LogP contribution is 2.25. The molecule has 3 aromatic rings. The van der Waals surface area contributed by atoms with Crippen LogP contribution in [0.2, 0.25) is 0 Å². The van der Waals surface area contributed by atoms with Gasteiger partial charge in [-0.2, -0.15) is 0 Å². The number of carbonyl (C=O) groups is 1. The second kappa shape index (κ2) is 8.96. The van der Waals surface area contributed by atoms with Crippen LogP contribution in [0.4, 0.5) is 0 Å². The van der Waals surface area contributed by atoms with Crippen LogP contribution in [-0.4, -0.2) is 32.3 Å². The van der Waals surface area contributed by atoms with Crippen molar-refractivity contribution in [2.24, 2.45) is 0 Å². The molecule has 0 bridgehead atoms. The highest BCUT2D eigenvalue weighted by molar-refractivity contribution is 8.00. The van der Waals surface area contributed by atoms with Gasteiger partial charge in [0.15, 0.2) is 9.99 Å². The molecular formula is C20H24N4O3S2. The van der Waals surface area contributed by atoms with Crippen molar-refractivity contribution in [2.45, 2.75) is 50.5 Å². The summed E-state index contributed by atoms with van der Waals surface area (Å²) in [5.74, 6) is -0.284. The Kier molecular flexibility index (Phi) is 6.59. The predicted molar refractivity (Wildman–Crippen MR) is 119 cm³/mol. The van der Waals surface area contributed by atoms with Gasteiger partial charge in [-0.25, -0.2) is 14.3 Å². The topological polar surface area (TPSA) is 86.0 Å². The van der Waals surface area contributed by atoms with Crippen molar-refractivity contribution in [3.63, 3.8) is 0 Å². The summed E-state index contributed by atoms with van der Waals surface area (Å²) in [4.78, 5) is 43.3. The molecule has 154 valence electrons. The maximum atomic E-state index is 13.3. The molecule has 0 spiro atoms. The maximum absolute atomic E-state index is 13.3. The summed E-state index contributed by atoms with van der Waals surface area (Å²) in [6.45, 7) is 5.73. The molecular weight excluding hydrogens is 408 g/mol. The molecule has 9 heteroatoms. The van der Waals surface area contributed by atoms with Gasteiger partial charge in [0.2, 0.25) is 5.91 Å². The smallest absolute Gasteiger partial charge is 0.337 e. The molecule has 0 saturated heterocycles. The standard InChI is InChI=1S/C20H24N4O3S2/c1-5-12(3)21-15(25)11-23-17-16(29-19(22-17)28-4)18(26)24(20(23)27)14-9-7-13(6-2)8-10-14/h7-10,12H,5-6,11H2,1-4H3,(H,21,25). The van der Waals surface area contributed by atoms with Crippen LogP contribution in [0, 0.1) is 0 Å². The Morgan fingerprint density at radius 3 is 2.52 bits per heavy atom. The molecule has 0 radical (unpaired) electrons. The van der Waals surface area contributed by atoms with Gasteiger partial charge in [0.25, 0.3) is 5.56 Å². The fourth-order valence-corrected chi connectivity index (χ4v) is 4.41. The number of nitrogens with one attached hydrogen (secondary N) is 1. The molecule has 0 fully saturated rings. The summed E-state index contributed by atoms with van der Waals surface area (Å²) in [5, 5.41) is 2.86. The zero-order chi connectivity index (χ0) is 21.1. The zero-order valence-electron chi connectivity index (χ0n) is 16.9. The van der Waals surface area contributed by atoms with Gasteiger partial charge >= 0.3 is 5.69 Å². The Hall–Kier alpha value is -2.39. The minimum Gasteiger partial charge on any atom is -0.352 e. The lowest BCUT2D eigenvalue weighted by molar-refractivity contribution is -0.122. The Labute approximate surface area is 176 Å². The molecule has 3 rings (SSSR count). The largest absolute Gasteiger partial charge is 0.352 e. The molecule has 1 atom stereocenters. The molecule has 0 aliphatic rings. The monoisotopic (exact) mass is 432 g/mol. The number of rotatable bonds is 7. The van der Waals surface area contributed by atoms with Gasteiger partial charge in [-0.15, -0.1) is 11.3 Å². The molecule has 1 amide bonds. The van der Waals surface area contributed by atoms with Gasteiger partial charge in [-0.3, -0.25) is 14.2 Å². The van der Waals surface area contributed by atoms with E-state index in [9.17, 15) is 14.4 Å². The van der Waals surface area contributed by atoms with E-state index < -0.39 is 11.2 Å². The van der Waals surface area contributed by atoms with E-state index >= 15 is 0 Å². The highest BCUT2D eigenvalue weighted by atomic mass is 32.2. The van der Waals surface area contributed by atoms with Crippen LogP contribution in [-0.2, 0) is 17.8 Å². The summed E-state index contributed by atoms with van der Waals surface area (Å²) in [6.07, 6.45) is 3.50. The third-order valence-electron chi connectivity index (χ3n) is 4.76. The van der Waals surface area contributed by atoms with Crippen LogP contribution in [0.3, 0.4) is 0 Å². The number of hydrogen-bond acceptors (Lipinski definition) is 6. The van der Waals surface area contributed by atoms with Crippen molar-refractivity contribution in [1.29, 1.82) is 0 Å². The molecule has 2 heterocycles. The second-order valence-corrected chi connectivity index (χ2v) is 8.80. The normalized spacial score (nSPS) is 12.3. The fourth-order valence-electron chi connectivity index (χ4n) is 2.92. The number of benzene rings is 1. The van der Waals surface area contributed by atoms with Crippen LogP contribution in [0.5, 0.6) is 0 Å². The number of thiazole rings is 1. The van der Waals surface area contributed by atoms with Crippen molar-refractivity contribution in [3.8, 4) is 5.69 Å². The van der Waals surface area contributed by atoms with E-state index in [0.29, 0.717) is 14.7 Å². The summed E-state index contributed by atoms with van der Waals surface area (Å²) in [7, 11) is 0. The molecule has 29 heavy (non-hydrogen) atoms. The lowest BCUT2D eigenvalue weighted by atomic mass is 10.1. The maximum Gasteiger partial charge on any atom is 0.337 e. The minimum absolute atomic E-state index is 0.00150. The van der Waals surface area contributed by atoms with E-state index in [1.165, 1.54) is 27.7 Å².